The molecule has 2 aromatic carbocycles. The lowest BCUT2D eigenvalue weighted by Gasteiger charge is -2.05. The van der Waals surface area contributed by atoms with Gasteiger partial charge in [0.2, 0.25) is 0 Å². The summed E-state index contributed by atoms with van der Waals surface area (Å²) in [6.07, 6.45) is 1.76. The molecule has 0 aliphatic heterocycles. The summed E-state index contributed by atoms with van der Waals surface area (Å²) in [6, 6.07) is 13.3. The van der Waals surface area contributed by atoms with Gasteiger partial charge in [-0.15, -0.1) is 0 Å². The molecule has 0 aliphatic carbocycles. The Labute approximate surface area is 132 Å². The molecule has 0 saturated heterocycles. The Bertz CT molecular complexity index is 809. The molecule has 0 atom stereocenters. The Morgan fingerprint density at radius 2 is 1.86 bits per heavy atom. The van der Waals surface area contributed by atoms with Crippen molar-refractivity contribution >= 4 is 28.9 Å². The number of hydrogen-bond acceptors (Lipinski definition) is 2. The van der Waals surface area contributed by atoms with E-state index in [2.05, 4.69) is 5.10 Å². The molecular formula is C16H13Cl2N3. The molecule has 3 aromatic rings. The van der Waals surface area contributed by atoms with Gasteiger partial charge in [-0.25, -0.2) is 4.68 Å². The molecule has 5 heteroatoms. The van der Waals surface area contributed by atoms with E-state index in [9.17, 15) is 0 Å². The summed E-state index contributed by atoms with van der Waals surface area (Å²) in [5.74, 6) is 0. The fraction of sp³-hybridized carbons (Fsp3) is 0.0625. The first kappa shape index (κ1) is 14.0. The van der Waals surface area contributed by atoms with Crippen LogP contribution in [0.25, 0.3) is 16.9 Å². The maximum atomic E-state index is 6.22. The van der Waals surface area contributed by atoms with Gasteiger partial charge in [-0.05, 0) is 30.7 Å². The molecule has 0 radical (unpaired) electrons. The number of aromatic nitrogens is 2. The standard InChI is InChI=1S/C16H13Cl2N3/c1-10-4-2-3-5-12(10)16-14(19)9-21(20-16)15-7-6-11(17)8-13(15)18/h2-9H,19H2,1H3. The minimum Gasteiger partial charge on any atom is -0.396 e. The van der Waals surface area contributed by atoms with Crippen LogP contribution >= 0.6 is 23.2 Å². The average molecular weight is 318 g/mol. The lowest BCUT2D eigenvalue weighted by molar-refractivity contribution is 0.884. The van der Waals surface area contributed by atoms with Crippen LogP contribution in [-0.4, -0.2) is 9.78 Å². The van der Waals surface area contributed by atoms with Crippen molar-refractivity contribution < 1.29 is 0 Å². The number of aryl methyl sites for hydroxylation is 1. The SMILES string of the molecule is Cc1ccccc1-c1nn(-c2ccc(Cl)cc2Cl)cc1N. The normalized spacial score (nSPS) is 10.8. The Morgan fingerprint density at radius 3 is 2.57 bits per heavy atom. The van der Waals surface area contributed by atoms with Crippen molar-refractivity contribution in [2.75, 3.05) is 5.73 Å². The van der Waals surface area contributed by atoms with Crippen LogP contribution < -0.4 is 5.73 Å². The van der Waals surface area contributed by atoms with E-state index < -0.39 is 0 Å². The van der Waals surface area contributed by atoms with Crippen molar-refractivity contribution in [3.8, 4) is 16.9 Å². The minimum atomic E-state index is 0.529. The van der Waals surface area contributed by atoms with E-state index in [0.29, 0.717) is 15.7 Å². The highest BCUT2D eigenvalue weighted by Gasteiger charge is 2.13. The van der Waals surface area contributed by atoms with E-state index in [4.69, 9.17) is 28.9 Å². The van der Waals surface area contributed by atoms with Crippen molar-refractivity contribution in [3.05, 3.63) is 64.3 Å². The van der Waals surface area contributed by atoms with Crippen LogP contribution in [0, 0.1) is 6.92 Å². The zero-order valence-electron chi connectivity index (χ0n) is 11.3. The van der Waals surface area contributed by atoms with Crippen molar-refractivity contribution in [2.24, 2.45) is 0 Å². The summed E-state index contributed by atoms with van der Waals surface area (Å²) in [4.78, 5) is 0. The van der Waals surface area contributed by atoms with Crippen molar-refractivity contribution in [1.29, 1.82) is 0 Å². The summed E-state index contributed by atoms with van der Waals surface area (Å²) in [5.41, 5.74) is 10.3. The van der Waals surface area contributed by atoms with Gasteiger partial charge >= 0.3 is 0 Å². The summed E-state index contributed by atoms with van der Waals surface area (Å²) in [5, 5.41) is 5.68. The maximum Gasteiger partial charge on any atom is 0.116 e. The molecule has 1 heterocycles. The molecule has 0 spiro atoms. The topological polar surface area (TPSA) is 43.8 Å². The fourth-order valence-corrected chi connectivity index (χ4v) is 2.72. The zero-order valence-corrected chi connectivity index (χ0v) is 12.9. The number of nitrogen functional groups attached to an aromatic ring is 1. The molecule has 0 bridgehead atoms. The first-order chi connectivity index (χ1) is 10.1. The summed E-state index contributed by atoms with van der Waals surface area (Å²) in [7, 11) is 0. The summed E-state index contributed by atoms with van der Waals surface area (Å²) < 4.78 is 1.68. The number of benzene rings is 2. The number of halogens is 2. The third-order valence-corrected chi connectivity index (χ3v) is 3.84. The number of hydrogen-bond donors (Lipinski definition) is 1. The molecule has 0 amide bonds. The first-order valence-corrected chi connectivity index (χ1v) is 7.18. The fourth-order valence-electron chi connectivity index (χ4n) is 2.23. The van der Waals surface area contributed by atoms with Gasteiger partial charge in [0.1, 0.15) is 5.69 Å². The molecule has 3 rings (SSSR count). The second-order valence-electron chi connectivity index (χ2n) is 4.79. The third-order valence-electron chi connectivity index (χ3n) is 3.30. The van der Waals surface area contributed by atoms with Crippen LogP contribution in [0.3, 0.4) is 0 Å². The molecule has 106 valence electrons. The predicted octanol–water partition coefficient (Wildman–Crippen LogP) is 4.74. The van der Waals surface area contributed by atoms with Crippen LogP contribution in [0.15, 0.2) is 48.7 Å². The van der Waals surface area contributed by atoms with E-state index in [1.54, 1.807) is 23.0 Å². The largest absolute Gasteiger partial charge is 0.396 e. The molecule has 3 nitrogen and oxygen atoms in total. The van der Waals surface area contributed by atoms with Crippen LogP contribution in [0.4, 0.5) is 5.69 Å². The van der Waals surface area contributed by atoms with Crippen molar-refractivity contribution in [2.45, 2.75) is 6.92 Å². The van der Waals surface area contributed by atoms with Crippen LogP contribution in [-0.2, 0) is 0 Å². The summed E-state index contributed by atoms with van der Waals surface area (Å²) in [6.45, 7) is 2.03. The highest BCUT2D eigenvalue weighted by molar-refractivity contribution is 6.35. The van der Waals surface area contributed by atoms with Gasteiger partial charge in [-0.2, -0.15) is 5.10 Å². The van der Waals surface area contributed by atoms with Crippen LogP contribution in [0.1, 0.15) is 5.56 Å². The van der Waals surface area contributed by atoms with Crippen LogP contribution in [0.2, 0.25) is 10.0 Å². The van der Waals surface area contributed by atoms with Gasteiger partial charge in [0.25, 0.3) is 0 Å². The number of rotatable bonds is 2. The minimum absolute atomic E-state index is 0.529. The molecule has 0 aliphatic rings. The number of nitrogens with zero attached hydrogens (tertiary/aromatic N) is 2. The predicted molar refractivity (Wildman–Crippen MR) is 88.2 cm³/mol. The highest BCUT2D eigenvalue weighted by atomic mass is 35.5. The first-order valence-electron chi connectivity index (χ1n) is 6.43. The Balaban J connectivity index is 2.12. The molecular weight excluding hydrogens is 305 g/mol. The van der Waals surface area contributed by atoms with Gasteiger partial charge in [0.05, 0.1) is 22.6 Å². The average Bonchev–Trinajstić information content (AvgIpc) is 2.81. The molecule has 0 saturated carbocycles. The Hall–Kier alpha value is -1.97. The van der Waals surface area contributed by atoms with Crippen LogP contribution in [0.5, 0.6) is 0 Å². The lowest BCUT2D eigenvalue weighted by atomic mass is 10.1. The Kier molecular flexibility index (Phi) is 3.62. The quantitative estimate of drug-likeness (QED) is 0.742. The van der Waals surface area contributed by atoms with E-state index in [1.807, 2.05) is 37.3 Å². The maximum absolute atomic E-state index is 6.22. The Morgan fingerprint density at radius 1 is 1.10 bits per heavy atom. The second-order valence-corrected chi connectivity index (χ2v) is 5.63. The van der Waals surface area contributed by atoms with Crippen molar-refractivity contribution in [1.82, 2.24) is 9.78 Å². The highest BCUT2D eigenvalue weighted by Crippen LogP contribution is 2.30. The van der Waals surface area contributed by atoms with Gasteiger partial charge in [0, 0.05) is 10.6 Å². The molecule has 0 fully saturated rings. The van der Waals surface area contributed by atoms with E-state index in [1.165, 1.54) is 0 Å². The molecule has 2 N–H and O–H groups in total. The van der Waals surface area contributed by atoms with Crippen molar-refractivity contribution in [3.63, 3.8) is 0 Å². The molecule has 21 heavy (non-hydrogen) atoms. The third kappa shape index (κ3) is 2.62. The monoisotopic (exact) mass is 317 g/mol. The number of anilines is 1. The van der Waals surface area contributed by atoms with Gasteiger partial charge < -0.3 is 5.73 Å². The number of nitrogens with two attached hydrogens (primary N) is 1. The molecule has 0 unspecified atom stereocenters. The van der Waals surface area contributed by atoms with E-state index >= 15 is 0 Å². The second kappa shape index (κ2) is 5.43. The summed E-state index contributed by atoms with van der Waals surface area (Å²) >= 11 is 12.1. The van der Waals surface area contributed by atoms with Gasteiger partial charge in [0.15, 0.2) is 0 Å². The lowest BCUT2D eigenvalue weighted by Crippen LogP contribution is -1.96. The van der Waals surface area contributed by atoms with Gasteiger partial charge in [-0.1, -0.05) is 47.5 Å². The van der Waals surface area contributed by atoms with Gasteiger partial charge in [-0.3, -0.25) is 0 Å². The smallest absolute Gasteiger partial charge is 0.116 e. The van der Waals surface area contributed by atoms with E-state index in [-0.39, 0.29) is 0 Å². The van der Waals surface area contributed by atoms with E-state index in [0.717, 1.165) is 22.5 Å². The zero-order chi connectivity index (χ0) is 15.0. The molecule has 1 aromatic heterocycles.